The van der Waals surface area contributed by atoms with Crippen molar-refractivity contribution in [2.75, 3.05) is 25.0 Å². The molecule has 0 unspecified atom stereocenters. The monoisotopic (exact) mass is 248 g/mol. The second kappa shape index (κ2) is 4.53. The molecule has 0 fully saturated rings. The minimum absolute atomic E-state index is 0.0498. The van der Waals surface area contributed by atoms with Crippen molar-refractivity contribution in [1.29, 1.82) is 0 Å². The zero-order valence-electron chi connectivity index (χ0n) is 11.4. The number of anilines is 1. The SMILES string of the molecule is CN(CC(C)(C)CN)c1ncnc2c1cnn2C. The van der Waals surface area contributed by atoms with Crippen molar-refractivity contribution in [1.82, 2.24) is 19.7 Å². The first-order valence-electron chi connectivity index (χ1n) is 5.98. The van der Waals surface area contributed by atoms with Gasteiger partial charge < -0.3 is 10.6 Å². The zero-order valence-corrected chi connectivity index (χ0v) is 11.4. The van der Waals surface area contributed by atoms with Crippen LogP contribution in [0.3, 0.4) is 0 Å². The van der Waals surface area contributed by atoms with Gasteiger partial charge in [-0.3, -0.25) is 4.68 Å². The fourth-order valence-electron chi connectivity index (χ4n) is 2.04. The van der Waals surface area contributed by atoms with Gasteiger partial charge in [-0.1, -0.05) is 13.8 Å². The Balaban J connectivity index is 2.36. The van der Waals surface area contributed by atoms with Crippen molar-refractivity contribution in [3.05, 3.63) is 12.5 Å². The summed E-state index contributed by atoms with van der Waals surface area (Å²) in [5.74, 6) is 0.898. The third-order valence-corrected chi connectivity index (χ3v) is 3.09. The van der Waals surface area contributed by atoms with Crippen LogP contribution in [-0.4, -0.2) is 39.9 Å². The van der Waals surface area contributed by atoms with Crippen molar-refractivity contribution in [2.24, 2.45) is 18.2 Å². The van der Waals surface area contributed by atoms with E-state index in [0.29, 0.717) is 6.54 Å². The van der Waals surface area contributed by atoms with E-state index in [1.165, 1.54) is 0 Å². The van der Waals surface area contributed by atoms with Gasteiger partial charge in [0, 0.05) is 20.6 Å². The van der Waals surface area contributed by atoms with E-state index in [2.05, 4.69) is 33.8 Å². The quantitative estimate of drug-likeness (QED) is 0.865. The van der Waals surface area contributed by atoms with Gasteiger partial charge in [0.05, 0.1) is 11.6 Å². The molecule has 2 aromatic rings. The molecular weight excluding hydrogens is 228 g/mol. The Morgan fingerprint density at radius 1 is 1.39 bits per heavy atom. The third kappa shape index (κ3) is 2.28. The van der Waals surface area contributed by atoms with E-state index in [-0.39, 0.29) is 5.41 Å². The Hall–Kier alpha value is -1.69. The van der Waals surface area contributed by atoms with E-state index in [1.54, 1.807) is 17.2 Å². The van der Waals surface area contributed by atoms with Crippen LogP contribution in [0.5, 0.6) is 0 Å². The van der Waals surface area contributed by atoms with Gasteiger partial charge in [0.2, 0.25) is 0 Å². The summed E-state index contributed by atoms with van der Waals surface area (Å²) < 4.78 is 1.75. The minimum atomic E-state index is 0.0498. The molecule has 0 spiro atoms. The molecule has 0 radical (unpaired) electrons. The number of fused-ring (bicyclic) bond motifs is 1. The highest BCUT2D eigenvalue weighted by atomic mass is 15.3. The molecule has 6 heteroatoms. The summed E-state index contributed by atoms with van der Waals surface area (Å²) in [5.41, 5.74) is 6.67. The highest BCUT2D eigenvalue weighted by Gasteiger charge is 2.20. The minimum Gasteiger partial charge on any atom is -0.358 e. The molecule has 18 heavy (non-hydrogen) atoms. The summed E-state index contributed by atoms with van der Waals surface area (Å²) in [6, 6.07) is 0. The van der Waals surface area contributed by atoms with Gasteiger partial charge in [-0.25, -0.2) is 9.97 Å². The smallest absolute Gasteiger partial charge is 0.163 e. The second-order valence-corrected chi connectivity index (χ2v) is 5.43. The van der Waals surface area contributed by atoms with Gasteiger partial charge >= 0.3 is 0 Å². The molecule has 2 heterocycles. The Kier molecular flexibility index (Phi) is 3.21. The van der Waals surface area contributed by atoms with Crippen molar-refractivity contribution >= 4 is 16.9 Å². The molecule has 0 atom stereocenters. The van der Waals surface area contributed by atoms with Crippen molar-refractivity contribution in [2.45, 2.75) is 13.8 Å². The fourth-order valence-corrected chi connectivity index (χ4v) is 2.04. The lowest BCUT2D eigenvalue weighted by molar-refractivity contribution is 0.384. The zero-order chi connectivity index (χ0) is 13.3. The number of hydrogen-bond acceptors (Lipinski definition) is 5. The summed E-state index contributed by atoms with van der Waals surface area (Å²) in [6.07, 6.45) is 3.38. The number of nitrogens with zero attached hydrogens (tertiary/aromatic N) is 5. The van der Waals surface area contributed by atoms with Gasteiger partial charge in [0.1, 0.15) is 12.1 Å². The average Bonchev–Trinajstić information content (AvgIpc) is 2.71. The number of aryl methyl sites for hydroxylation is 1. The first kappa shape index (κ1) is 12.8. The normalized spacial score (nSPS) is 12.1. The van der Waals surface area contributed by atoms with Crippen molar-refractivity contribution in [3.8, 4) is 0 Å². The lowest BCUT2D eigenvalue weighted by atomic mass is 9.93. The summed E-state index contributed by atoms with van der Waals surface area (Å²) in [7, 11) is 3.90. The molecule has 0 bridgehead atoms. The van der Waals surface area contributed by atoms with Crippen molar-refractivity contribution in [3.63, 3.8) is 0 Å². The molecule has 6 nitrogen and oxygen atoms in total. The Morgan fingerprint density at radius 2 is 2.11 bits per heavy atom. The maximum Gasteiger partial charge on any atom is 0.163 e. The van der Waals surface area contributed by atoms with E-state index < -0.39 is 0 Å². The Bertz CT molecular complexity index is 544. The average molecular weight is 248 g/mol. The fraction of sp³-hybridized carbons (Fsp3) is 0.583. The summed E-state index contributed by atoms with van der Waals surface area (Å²) in [4.78, 5) is 10.7. The molecule has 2 rings (SSSR count). The molecule has 0 aliphatic heterocycles. The van der Waals surface area contributed by atoms with Gasteiger partial charge in [-0.05, 0) is 12.0 Å². The topological polar surface area (TPSA) is 72.9 Å². The van der Waals surface area contributed by atoms with Crippen LogP contribution in [0.4, 0.5) is 5.82 Å². The number of rotatable bonds is 4. The lowest BCUT2D eigenvalue weighted by Crippen LogP contribution is -2.37. The predicted octanol–water partition coefficient (Wildman–Crippen LogP) is 0.784. The molecular formula is C12H20N6. The van der Waals surface area contributed by atoms with Gasteiger partial charge in [0.15, 0.2) is 5.65 Å². The molecule has 0 saturated heterocycles. The van der Waals surface area contributed by atoms with Gasteiger partial charge in [0.25, 0.3) is 0 Å². The van der Waals surface area contributed by atoms with E-state index >= 15 is 0 Å². The molecule has 0 aliphatic rings. The number of nitrogens with two attached hydrogens (primary N) is 1. The van der Waals surface area contributed by atoms with E-state index in [0.717, 1.165) is 23.4 Å². The molecule has 0 amide bonds. The number of hydrogen-bond donors (Lipinski definition) is 1. The van der Waals surface area contributed by atoms with Crippen LogP contribution in [0.15, 0.2) is 12.5 Å². The summed E-state index contributed by atoms with van der Waals surface area (Å²) in [5, 5.41) is 5.19. The van der Waals surface area contributed by atoms with E-state index in [4.69, 9.17) is 5.73 Å². The Morgan fingerprint density at radius 3 is 2.78 bits per heavy atom. The van der Waals surface area contributed by atoms with Crippen LogP contribution in [0.1, 0.15) is 13.8 Å². The number of aromatic nitrogens is 4. The molecule has 0 aromatic carbocycles. The summed E-state index contributed by atoms with van der Waals surface area (Å²) >= 11 is 0. The van der Waals surface area contributed by atoms with Crippen LogP contribution < -0.4 is 10.6 Å². The lowest BCUT2D eigenvalue weighted by Gasteiger charge is -2.29. The van der Waals surface area contributed by atoms with Crippen LogP contribution in [0, 0.1) is 5.41 Å². The molecule has 2 aromatic heterocycles. The maximum atomic E-state index is 5.77. The first-order chi connectivity index (χ1) is 8.44. The van der Waals surface area contributed by atoms with Gasteiger partial charge in [-0.15, -0.1) is 0 Å². The van der Waals surface area contributed by atoms with Crippen LogP contribution in [0.25, 0.3) is 11.0 Å². The second-order valence-electron chi connectivity index (χ2n) is 5.43. The van der Waals surface area contributed by atoms with E-state index in [9.17, 15) is 0 Å². The standard InChI is InChI=1S/C12H20N6/c1-12(2,6-13)7-17(3)10-9-5-16-18(4)11(9)15-8-14-10/h5,8H,6-7,13H2,1-4H3. The maximum absolute atomic E-state index is 5.77. The largest absolute Gasteiger partial charge is 0.358 e. The van der Waals surface area contributed by atoms with E-state index in [1.807, 2.05) is 14.1 Å². The molecule has 0 aliphatic carbocycles. The summed E-state index contributed by atoms with van der Waals surface area (Å²) in [6.45, 7) is 5.76. The van der Waals surface area contributed by atoms with Crippen LogP contribution in [-0.2, 0) is 7.05 Å². The Labute approximate surface area is 107 Å². The van der Waals surface area contributed by atoms with Gasteiger partial charge in [-0.2, -0.15) is 5.10 Å². The molecule has 2 N–H and O–H groups in total. The van der Waals surface area contributed by atoms with Crippen LogP contribution in [0.2, 0.25) is 0 Å². The molecule has 98 valence electrons. The predicted molar refractivity (Wildman–Crippen MR) is 72.4 cm³/mol. The third-order valence-electron chi connectivity index (χ3n) is 3.09. The van der Waals surface area contributed by atoms with Crippen molar-refractivity contribution < 1.29 is 0 Å². The van der Waals surface area contributed by atoms with Crippen LogP contribution >= 0.6 is 0 Å². The highest BCUT2D eigenvalue weighted by Crippen LogP contribution is 2.24. The first-order valence-corrected chi connectivity index (χ1v) is 5.98. The molecule has 0 saturated carbocycles. The highest BCUT2D eigenvalue weighted by molar-refractivity contribution is 5.86.